The number of hydrogen-bond acceptors (Lipinski definition) is 2. The minimum absolute atomic E-state index is 0.389. The summed E-state index contributed by atoms with van der Waals surface area (Å²) in [7, 11) is 3.17. The van der Waals surface area contributed by atoms with Crippen LogP contribution >= 0.6 is 0 Å². The lowest BCUT2D eigenvalue weighted by molar-refractivity contribution is -0.00272. The third kappa shape index (κ3) is 95.6. The Bertz CT molecular complexity index is 356. The van der Waals surface area contributed by atoms with Gasteiger partial charge in [-0.05, 0) is 0 Å². The van der Waals surface area contributed by atoms with E-state index in [0.717, 1.165) is 0 Å². The lowest BCUT2D eigenvalue weighted by atomic mass is 10.4. The van der Waals surface area contributed by atoms with Gasteiger partial charge in [0.15, 0.2) is 0 Å². The molecule has 3 aromatic carbocycles. The van der Waals surface area contributed by atoms with Gasteiger partial charge in [0.2, 0.25) is 0 Å². The molecule has 0 aromatic heterocycles. The Morgan fingerprint density at radius 3 is 0.417 bits per heavy atom. The predicted molar refractivity (Wildman–Crippen MR) is 171 cm³/mol. The number of hydrogen-bond donors (Lipinski definition) is 0. The van der Waals surface area contributed by atoms with Gasteiger partial charge < -0.3 is 9.47 Å². The van der Waals surface area contributed by atoms with Crippen molar-refractivity contribution < 1.29 is 9.47 Å². The van der Waals surface area contributed by atoms with Crippen molar-refractivity contribution >= 4 is 0 Å². The molecular formula is C34H64O2. The molecule has 0 saturated carbocycles. The van der Waals surface area contributed by atoms with Crippen molar-refractivity contribution in [3.8, 4) is 0 Å². The summed E-state index contributed by atoms with van der Waals surface area (Å²) in [4.78, 5) is 0. The fourth-order valence-electron chi connectivity index (χ4n) is 1.27. The average molecular weight is 505 g/mol. The SMILES string of the molecule is CC.CC.CC.CC.CC.CCC.COCOC.c1ccccc1.c1ccccc1.c1ccccc1. The van der Waals surface area contributed by atoms with Gasteiger partial charge in [0.05, 0.1) is 0 Å². The molecule has 0 bridgehead atoms. The van der Waals surface area contributed by atoms with E-state index in [1.54, 1.807) is 14.2 Å². The zero-order chi connectivity index (χ0) is 29.6. The Labute approximate surface area is 229 Å². The van der Waals surface area contributed by atoms with Gasteiger partial charge in [0.25, 0.3) is 0 Å². The van der Waals surface area contributed by atoms with Crippen LogP contribution in [0.2, 0.25) is 0 Å². The average Bonchev–Trinajstić information content (AvgIpc) is 3.03. The van der Waals surface area contributed by atoms with Crippen molar-refractivity contribution in [3.63, 3.8) is 0 Å². The molecule has 0 aliphatic carbocycles. The van der Waals surface area contributed by atoms with Gasteiger partial charge in [-0.15, -0.1) is 0 Å². The van der Waals surface area contributed by atoms with Crippen LogP contribution in [0.3, 0.4) is 0 Å². The monoisotopic (exact) mass is 504 g/mol. The van der Waals surface area contributed by atoms with Gasteiger partial charge in [-0.1, -0.05) is 199 Å². The minimum Gasteiger partial charge on any atom is -0.359 e. The van der Waals surface area contributed by atoms with E-state index in [2.05, 4.69) is 23.3 Å². The fourth-order valence-corrected chi connectivity index (χ4v) is 1.27. The molecule has 212 valence electrons. The Morgan fingerprint density at radius 1 is 0.306 bits per heavy atom. The predicted octanol–water partition coefficient (Wildman–Crippen LogP) is 11.8. The molecule has 0 radical (unpaired) electrons. The molecule has 3 rings (SSSR count). The smallest absolute Gasteiger partial charge is 0.145 e. The maximum Gasteiger partial charge on any atom is 0.145 e. The molecule has 0 heterocycles. The molecule has 0 N–H and O–H groups in total. The summed E-state index contributed by atoms with van der Waals surface area (Å²) < 4.78 is 8.94. The highest BCUT2D eigenvalue weighted by Crippen LogP contribution is 1.81. The van der Waals surface area contributed by atoms with E-state index in [4.69, 9.17) is 0 Å². The van der Waals surface area contributed by atoms with E-state index in [1.807, 2.05) is 178 Å². The molecule has 3 aromatic rings. The van der Waals surface area contributed by atoms with E-state index in [1.165, 1.54) is 6.42 Å². The Balaban J connectivity index is -0.0000000543. The lowest BCUT2D eigenvalue weighted by Gasteiger charge is -1.87. The van der Waals surface area contributed by atoms with E-state index in [0.29, 0.717) is 6.79 Å². The van der Waals surface area contributed by atoms with Crippen LogP contribution < -0.4 is 0 Å². The maximum atomic E-state index is 4.47. The second-order valence-electron chi connectivity index (χ2n) is 4.87. The molecule has 0 fully saturated rings. The van der Waals surface area contributed by atoms with Crippen LogP contribution in [0, 0.1) is 0 Å². The van der Waals surface area contributed by atoms with Gasteiger partial charge in [-0.2, -0.15) is 0 Å². The van der Waals surface area contributed by atoms with Crippen LogP contribution in [0.5, 0.6) is 0 Å². The van der Waals surface area contributed by atoms with Crippen LogP contribution in [0.25, 0.3) is 0 Å². The highest BCUT2D eigenvalue weighted by Gasteiger charge is 1.63. The zero-order valence-corrected chi connectivity index (χ0v) is 26.6. The van der Waals surface area contributed by atoms with Gasteiger partial charge >= 0.3 is 0 Å². The standard InChI is InChI=1S/3C6H6.C3H8O2.C3H8.5C2H6/c3*1-2-4-6-5-3-1;1-4-3-5-2;1-3-2;5*1-2/h3*1-6H;3H2,1-2H3;3H2,1-2H3;5*1-2H3. The van der Waals surface area contributed by atoms with Crippen molar-refractivity contribution in [1.82, 2.24) is 0 Å². The van der Waals surface area contributed by atoms with Gasteiger partial charge in [-0.3, -0.25) is 0 Å². The number of rotatable bonds is 2. The summed E-state index contributed by atoms with van der Waals surface area (Å²) in [5.74, 6) is 0. The van der Waals surface area contributed by atoms with Crippen molar-refractivity contribution in [3.05, 3.63) is 109 Å². The van der Waals surface area contributed by atoms with Crippen molar-refractivity contribution in [2.24, 2.45) is 0 Å². The van der Waals surface area contributed by atoms with E-state index < -0.39 is 0 Å². The Morgan fingerprint density at radius 2 is 0.389 bits per heavy atom. The molecule has 0 atom stereocenters. The van der Waals surface area contributed by atoms with Gasteiger partial charge in [0.1, 0.15) is 6.79 Å². The lowest BCUT2D eigenvalue weighted by Crippen LogP contribution is -1.87. The third-order valence-corrected chi connectivity index (χ3v) is 2.24. The van der Waals surface area contributed by atoms with E-state index in [9.17, 15) is 0 Å². The summed E-state index contributed by atoms with van der Waals surface area (Å²) in [6.45, 7) is 24.6. The number of methoxy groups -OCH3 is 2. The first-order chi connectivity index (χ1) is 17.8. The molecule has 2 nitrogen and oxygen atoms in total. The molecule has 0 aliphatic heterocycles. The molecular weight excluding hydrogens is 440 g/mol. The molecule has 36 heavy (non-hydrogen) atoms. The van der Waals surface area contributed by atoms with Crippen LogP contribution in [-0.4, -0.2) is 21.0 Å². The summed E-state index contributed by atoms with van der Waals surface area (Å²) in [5.41, 5.74) is 0. The summed E-state index contributed by atoms with van der Waals surface area (Å²) >= 11 is 0. The molecule has 0 amide bonds. The van der Waals surface area contributed by atoms with Crippen LogP contribution in [0.1, 0.15) is 89.5 Å². The normalized spacial score (nSPS) is 6.50. The van der Waals surface area contributed by atoms with Gasteiger partial charge in [-0.25, -0.2) is 0 Å². The fraction of sp³-hybridized carbons (Fsp3) is 0.471. The topological polar surface area (TPSA) is 18.5 Å². The van der Waals surface area contributed by atoms with Crippen molar-refractivity contribution in [2.75, 3.05) is 21.0 Å². The minimum atomic E-state index is 0.389. The van der Waals surface area contributed by atoms with Crippen molar-refractivity contribution in [1.29, 1.82) is 0 Å². The summed E-state index contributed by atoms with van der Waals surface area (Å²) in [6.07, 6.45) is 1.25. The largest absolute Gasteiger partial charge is 0.359 e. The second kappa shape index (κ2) is 84.8. The number of ether oxygens (including phenoxy) is 2. The molecule has 0 spiro atoms. The summed E-state index contributed by atoms with van der Waals surface area (Å²) in [6, 6.07) is 36.0. The highest BCUT2D eigenvalue weighted by atomic mass is 16.6. The van der Waals surface area contributed by atoms with Crippen molar-refractivity contribution in [2.45, 2.75) is 89.5 Å². The highest BCUT2D eigenvalue weighted by molar-refractivity contribution is 5.00. The first kappa shape index (κ1) is 50.5. The molecule has 0 unspecified atom stereocenters. The first-order valence-electron chi connectivity index (χ1n) is 13.8. The number of benzene rings is 3. The summed E-state index contributed by atoms with van der Waals surface area (Å²) in [5, 5.41) is 0. The quantitative estimate of drug-likeness (QED) is 0.323. The maximum absolute atomic E-state index is 4.47. The van der Waals surface area contributed by atoms with E-state index >= 15 is 0 Å². The van der Waals surface area contributed by atoms with Gasteiger partial charge in [0, 0.05) is 14.2 Å². The van der Waals surface area contributed by atoms with E-state index in [-0.39, 0.29) is 0 Å². The zero-order valence-electron chi connectivity index (χ0n) is 26.6. The second-order valence-corrected chi connectivity index (χ2v) is 4.87. The Kier molecular flexibility index (Phi) is 119. The van der Waals surface area contributed by atoms with Crippen LogP contribution in [0.4, 0.5) is 0 Å². The third-order valence-electron chi connectivity index (χ3n) is 2.24. The first-order valence-corrected chi connectivity index (χ1v) is 13.8. The molecule has 2 heteroatoms. The van der Waals surface area contributed by atoms with Crippen LogP contribution in [0.15, 0.2) is 109 Å². The molecule has 0 aliphatic rings. The molecule has 0 saturated heterocycles. The Hall–Kier alpha value is -2.42. The van der Waals surface area contributed by atoms with Crippen LogP contribution in [-0.2, 0) is 9.47 Å².